The van der Waals surface area contributed by atoms with E-state index in [1.807, 2.05) is 13.0 Å². The van der Waals surface area contributed by atoms with Crippen molar-refractivity contribution >= 4 is 28.5 Å². The van der Waals surface area contributed by atoms with Crippen LogP contribution in [0, 0.1) is 6.92 Å². The van der Waals surface area contributed by atoms with Crippen LogP contribution in [-0.2, 0) is 4.79 Å². The van der Waals surface area contributed by atoms with E-state index in [1.54, 1.807) is 31.2 Å². The van der Waals surface area contributed by atoms with E-state index in [9.17, 15) is 19.5 Å². The fourth-order valence-electron chi connectivity index (χ4n) is 3.07. The summed E-state index contributed by atoms with van der Waals surface area (Å²) < 4.78 is 2.14. The SMILES string of the molecule is CCC(C(=O)O)n1c(=O)n(-c2cccc(C)c2)c(=O)c2ccc(Cl)cc21. The minimum absolute atomic E-state index is 0.183. The van der Waals surface area contributed by atoms with Crippen molar-refractivity contribution in [3.63, 3.8) is 0 Å². The lowest BCUT2D eigenvalue weighted by Gasteiger charge is -2.19. The number of carboxylic acids is 1. The summed E-state index contributed by atoms with van der Waals surface area (Å²) in [5, 5.41) is 10.1. The number of benzene rings is 2. The zero-order valence-corrected chi connectivity index (χ0v) is 15.0. The van der Waals surface area contributed by atoms with E-state index in [0.717, 1.165) is 14.7 Å². The predicted octanol–water partition coefficient (Wildman–Crippen LogP) is 3.15. The Balaban J connectivity index is 2.52. The van der Waals surface area contributed by atoms with E-state index in [-0.39, 0.29) is 17.3 Å². The maximum absolute atomic E-state index is 13.2. The second-order valence-electron chi connectivity index (χ2n) is 6.06. The van der Waals surface area contributed by atoms with Gasteiger partial charge in [-0.1, -0.05) is 30.7 Å². The quantitative estimate of drug-likeness (QED) is 0.762. The van der Waals surface area contributed by atoms with Crippen LogP contribution in [0.2, 0.25) is 5.02 Å². The predicted molar refractivity (Wildman–Crippen MR) is 101 cm³/mol. The molecule has 0 aliphatic heterocycles. The van der Waals surface area contributed by atoms with Crippen LogP contribution >= 0.6 is 11.6 Å². The van der Waals surface area contributed by atoms with Crippen molar-refractivity contribution in [1.82, 2.24) is 9.13 Å². The molecule has 0 radical (unpaired) electrons. The van der Waals surface area contributed by atoms with Gasteiger partial charge in [0.15, 0.2) is 0 Å². The van der Waals surface area contributed by atoms with Gasteiger partial charge in [-0.25, -0.2) is 14.2 Å². The number of fused-ring (bicyclic) bond motifs is 1. The Labute approximate surface area is 153 Å². The fourth-order valence-corrected chi connectivity index (χ4v) is 3.23. The Bertz CT molecular complexity index is 1130. The number of aromatic nitrogens is 2. The van der Waals surface area contributed by atoms with E-state index >= 15 is 0 Å². The summed E-state index contributed by atoms with van der Waals surface area (Å²) in [5.74, 6) is -1.15. The molecule has 0 aliphatic carbocycles. The second-order valence-corrected chi connectivity index (χ2v) is 6.49. The van der Waals surface area contributed by atoms with E-state index in [4.69, 9.17) is 11.6 Å². The Kier molecular flexibility index (Phi) is 4.70. The number of aryl methyl sites for hydroxylation is 1. The molecule has 134 valence electrons. The summed E-state index contributed by atoms with van der Waals surface area (Å²) in [5.41, 5.74) is 0.270. The molecule has 1 aromatic heterocycles. The molecule has 1 atom stereocenters. The third-order valence-corrected chi connectivity index (χ3v) is 4.53. The number of hydrogen-bond acceptors (Lipinski definition) is 3. The van der Waals surface area contributed by atoms with Crippen LogP contribution in [-0.4, -0.2) is 20.2 Å². The lowest BCUT2D eigenvalue weighted by molar-refractivity contribution is -0.141. The Hall–Kier alpha value is -2.86. The zero-order chi connectivity index (χ0) is 19.0. The van der Waals surface area contributed by atoms with Crippen molar-refractivity contribution in [2.45, 2.75) is 26.3 Å². The summed E-state index contributed by atoms with van der Waals surface area (Å²) in [7, 11) is 0. The van der Waals surface area contributed by atoms with Crippen LogP contribution in [0.5, 0.6) is 0 Å². The number of halogens is 1. The van der Waals surface area contributed by atoms with Gasteiger partial charge in [-0.2, -0.15) is 0 Å². The van der Waals surface area contributed by atoms with Crippen molar-refractivity contribution in [1.29, 1.82) is 0 Å². The molecule has 0 spiro atoms. The molecule has 26 heavy (non-hydrogen) atoms. The molecule has 6 nitrogen and oxygen atoms in total. The maximum atomic E-state index is 13.2. The molecule has 3 aromatic rings. The minimum Gasteiger partial charge on any atom is -0.480 e. The monoisotopic (exact) mass is 372 g/mol. The van der Waals surface area contributed by atoms with E-state index in [2.05, 4.69) is 0 Å². The standard InChI is InChI=1S/C19H17ClN2O4/c1-3-15(18(24)25)22-16-10-12(20)7-8-14(16)17(23)21(19(22)26)13-6-4-5-11(2)9-13/h4-10,15H,3H2,1-2H3,(H,24,25). The van der Waals surface area contributed by atoms with Crippen LogP contribution in [0.4, 0.5) is 0 Å². The molecule has 1 heterocycles. The van der Waals surface area contributed by atoms with E-state index < -0.39 is 23.3 Å². The molecular weight excluding hydrogens is 356 g/mol. The van der Waals surface area contributed by atoms with Gasteiger partial charge in [0, 0.05) is 5.02 Å². The largest absolute Gasteiger partial charge is 0.480 e. The van der Waals surface area contributed by atoms with Crippen molar-refractivity contribution in [3.05, 3.63) is 73.9 Å². The first kappa shape index (κ1) is 17.9. The van der Waals surface area contributed by atoms with Crippen LogP contribution in [0.1, 0.15) is 24.9 Å². The molecule has 1 unspecified atom stereocenters. The summed E-state index contributed by atoms with van der Waals surface area (Å²) >= 11 is 6.03. The van der Waals surface area contributed by atoms with Crippen LogP contribution < -0.4 is 11.2 Å². The highest BCUT2D eigenvalue weighted by Crippen LogP contribution is 2.21. The summed E-state index contributed by atoms with van der Waals surface area (Å²) in [4.78, 5) is 37.8. The molecule has 7 heteroatoms. The van der Waals surface area contributed by atoms with Crippen molar-refractivity contribution in [2.75, 3.05) is 0 Å². The van der Waals surface area contributed by atoms with E-state index in [0.29, 0.717) is 10.7 Å². The number of carboxylic acid groups (broad SMARTS) is 1. The lowest BCUT2D eigenvalue weighted by Crippen LogP contribution is -2.42. The molecule has 0 amide bonds. The molecule has 0 bridgehead atoms. The van der Waals surface area contributed by atoms with Gasteiger partial charge < -0.3 is 5.11 Å². The average Bonchev–Trinajstić information content (AvgIpc) is 2.58. The normalized spacial score (nSPS) is 12.3. The first-order valence-electron chi connectivity index (χ1n) is 8.11. The van der Waals surface area contributed by atoms with Crippen LogP contribution in [0.15, 0.2) is 52.1 Å². The number of nitrogens with zero attached hydrogens (tertiary/aromatic N) is 2. The van der Waals surface area contributed by atoms with Crippen LogP contribution in [0.3, 0.4) is 0 Å². The Morgan fingerprint density at radius 3 is 2.54 bits per heavy atom. The summed E-state index contributed by atoms with van der Waals surface area (Å²) in [6.45, 7) is 3.52. The van der Waals surface area contributed by atoms with E-state index in [1.165, 1.54) is 12.1 Å². The highest BCUT2D eigenvalue weighted by molar-refractivity contribution is 6.31. The van der Waals surface area contributed by atoms with Gasteiger partial charge in [0.1, 0.15) is 6.04 Å². The van der Waals surface area contributed by atoms with Gasteiger partial charge in [0.05, 0.1) is 16.6 Å². The molecular formula is C19H17ClN2O4. The summed E-state index contributed by atoms with van der Waals surface area (Å²) in [6.07, 6.45) is 0.183. The van der Waals surface area contributed by atoms with Gasteiger partial charge >= 0.3 is 11.7 Å². The molecule has 0 fully saturated rings. The third-order valence-electron chi connectivity index (χ3n) is 4.29. The van der Waals surface area contributed by atoms with Gasteiger partial charge in [-0.15, -0.1) is 0 Å². The number of carbonyl (C=O) groups is 1. The second kappa shape index (κ2) is 6.80. The molecule has 0 saturated carbocycles. The van der Waals surface area contributed by atoms with Gasteiger partial charge in [0.25, 0.3) is 5.56 Å². The third kappa shape index (κ3) is 2.93. The smallest absolute Gasteiger partial charge is 0.336 e. The number of rotatable bonds is 4. The molecule has 2 aromatic carbocycles. The van der Waals surface area contributed by atoms with Crippen molar-refractivity contribution < 1.29 is 9.90 Å². The highest BCUT2D eigenvalue weighted by Gasteiger charge is 2.24. The molecule has 3 rings (SSSR count). The first-order valence-corrected chi connectivity index (χ1v) is 8.49. The van der Waals surface area contributed by atoms with Gasteiger partial charge in [-0.3, -0.25) is 9.36 Å². The molecule has 0 saturated heterocycles. The Morgan fingerprint density at radius 1 is 1.19 bits per heavy atom. The maximum Gasteiger partial charge on any atom is 0.336 e. The summed E-state index contributed by atoms with van der Waals surface area (Å²) in [6, 6.07) is 10.3. The number of hydrogen-bond donors (Lipinski definition) is 1. The minimum atomic E-state index is -1.15. The average molecular weight is 373 g/mol. The van der Waals surface area contributed by atoms with Crippen LogP contribution in [0.25, 0.3) is 16.6 Å². The fraction of sp³-hybridized carbons (Fsp3) is 0.211. The lowest BCUT2D eigenvalue weighted by atomic mass is 10.1. The van der Waals surface area contributed by atoms with Crippen molar-refractivity contribution in [3.8, 4) is 5.69 Å². The van der Waals surface area contributed by atoms with Gasteiger partial charge in [0.2, 0.25) is 0 Å². The zero-order valence-electron chi connectivity index (χ0n) is 14.3. The Morgan fingerprint density at radius 2 is 1.92 bits per heavy atom. The van der Waals surface area contributed by atoms with Crippen molar-refractivity contribution in [2.24, 2.45) is 0 Å². The highest BCUT2D eigenvalue weighted by atomic mass is 35.5. The molecule has 0 aliphatic rings. The topological polar surface area (TPSA) is 81.3 Å². The molecule has 1 N–H and O–H groups in total. The number of aliphatic carboxylic acids is 1. The van der Waals surface area contributed by atoms with Gasteiger partial charge in [-0.05, 0) is 49.2 Å². The first-order chi connectivity index (χ1) is 12.3.